The number of aromatic nitrogens is 3. The van der Waals surface area contributed by atoms with Crippen LogP contribution < -0.4 is 10.6 Å². The molecule has 30 heavy (non-hydrogen) atoms. The van der Waals surface area contributed by atoms with E-state index in [1.807, 2.05) is 10.9 Å². The molecule has 0 radical (unpaired) electrons. The summed E-state index contributed by atoms with van der Waals surface area (Å²) in [7, 11) is 1.60. The second-order valence-corrected chi connectivity index (χ2v) is 9.26. The van der Waals surface area contributed by atoms with E-state index in [0.29, 0.717) is 17.4 Å². The first-order chi connectivity index (χ1) is 14.3. The maximum Gasteiger partial charge on any atom is 0.317 e. The molecule has 1 saturated heterocycles. The number of hydrogen-bond acceptors (Lipinski definition) is 4. The number of likely N-dealkylation sites (tertiary alicyclic amines) is 1. The summed E-state index contributed by atoms with van der Waals surface area (Å²) in [6.07, 6.45) is 6.26. The third-order valence-corrected chi connectivity index (χ3v) is 6.16. The first-order valence-electron chi connectivity index (χ1n) is 10.3. The van der Waals surface area contributed by atoms with Gasteiger partial charge in [-0.05, 0) is 30.7 Å². The van der Waals surface area contributed by atoms with Crippen LogP contribution in [0, 0.1) is 5.41 Å². The molecule has 2 aromatic rings. The second-order valence-electron chi connectivity index (χ2n) is 8.85. The number of amides is 3. The van der Waals surface area contributed by atoms with E-state index in [1.165, 1.54) is 0 Å². The lowest BCUT2D eigenvalue weighted by Gasteiger charge is -2.23. The molecule has 4 heterocycles. The summed E-state index contributed by atoms with van der Waals surface area (Å²) in [6.45, 7) is 5.98. The summed E-state index contributed by atoms with van der Waals surface area (Å²) in [4.78, 5) is 30.6. The van der Waals surface area contributed by atoms with Crippen molar-refractivity contribution >= 4 is 29.4 Å². The van der Waals surface area contributed by atoms with E-state index in [1.54, 1.807) is 24.2 Å². The molecule has 4 rings (SSSR count). The van der Waals surface area contributed by atoms with Gasteiger partial charge in [-0.25, -0.2) is 9.78 Å². The molecule has 8 nitrogen and oxygen atoms in total. The summed E-state index contributed by atoms with van der Waals surface area (Å²) in [6, 6.07) is 1.56. The summed E-state index contributed by atoms with van der Waals surface area (Å²) >= 11 is 6.44. The minimum Gasteiger partial charge on any atom is -0.341 e. The van der Waals surface area contributed by atoms with Gasteiger partial charge in [-0.2, -0.15) is 5.10 Å². The number of pyridine rings is 1. The third-order valence-electron chi connectivity index (χ3n) is 5.86. The van der Waals surface area contributed by atoms with E-state index in [2.05, 4.69) is 34.6 Å². The molecule has 3 amide bonds. The molecule has 2 aliphatic rings. The van der Waals surface area contributed by atoms with E-state index in [-0.39, 0.29) is 29.8 Å². The first-order valence-corrected chi connectivity index (χ1v) is 10.6. The normalized spacial score (nSPS) is 19.6. The van der Waals surface area contributed by atoms with Gasteiger partial charge in [0.25, 0.3) is 0 Å². The summed E-state index contributed by atoms with van der Waals surface area (Å²) in [5.41, 5.74) is 3.10. The Hall–Kier alpha value is -2.61. The van der Waals surface area contributed by atoms with Gasteiger partial charge in [-0.1, -0.05) is 25.4 Å². The SMILES string of the molecule is CNC(=O)N1CCC[C@@H]1CC(=O)Nc1cc(-c2cnn3c2CC(C)(C)C3)c(Cl)cn1. The van der Waals surface area contributed by atoms with Crippen molar-refractivity contribution in [2.45, 2.75) is 52.1 Å². The molecule has 0 unspecified atom stereocenters. The zero-order valence-corrected chi connectivity index (χ0v) is 18.3. The van der Waals surface area contributed by atoms with Gasteiger partial charge >= 0.3 is 6.03 Å². The van der Waals surface area contributed by atoms with Gasteiger partial charge in [0, 0.05) is 55.6 Å². The smallest absolute Gasteiger partial charge is 0.317 e. The molecule has 9 heteroatoms. The molecule has 1 atom stereocenters. The lowest BCUT2D eigenvalue weighted by Crippen LogP contribution is -2.42. The number of anilines is 1. The van der Waals surface area contributed by atoms with Crippen LogP contribution in [0.1, 0.15) is 38.8 Å². The Balaban J connectivity index is 1.50. The number of carbonyl (C=O) groups is 2. The molecule has 0 spiro atoms. The molecular formula is C21H27ClN6O2. The number of urea groups is 1. The van der Waals surface area contributed by atoms with Crippen LogP contribution >= 0.6 is 11.6 Å². The van der Waals surface area contributed by atoms with Crippen LogP contribution in [0.5, 0.6) is 0 Å². The van der Waals surface area contributed by atoms with Crippen LogP contribution in [0.3, 0.4) is 0 Å². The fraction of sp³-hybridized carbons (Fsp3) is 0.524. The number of hydrogen-bond donors (Lipinski definition) is 2. The average molecular weight is 431 g/mol. The quantitative estimate of drug-likeness (QED) is 0.778. The zero-order valence-electron chi connectivity index (χ0n) is 17.5. The monoisotopic (exact) mass is 430 g/mol. The Labute approximate surface area is 181 Å². The van der Waals surface area contributed by atoms with Gasteiger partial charge in [0.2, 0.25) is 5.91 Å². The van der Waals surface area contributed by atoms with Gasteiger partial charge in [-0.3, -0.25) is 9.48 Å². The van der Waals surface area contributed by atoms with E-state index >= 15 is 0 Å². The van der Waals surface area contributed by atoms with Crippen molar-refractivity contribution in [3.05, 3.63) is 29.2 Å². The third kappa shape index (κ3) is 4.01. The maximum absolute atomic E-state index is 12.6. The molecule has 1 fully saturated rings. The summed E-state index contributed by atoms with van der Waals surface area (Å²) in [5, 5.41) is 10.5. The van der Waals surface area contributed by atoms with Gasteiger partial charge < -0.3 is 15.5 Å². The maximum atomic E-state index is 12.6. The Morgan fingerprint density at radius 3 is 2.87 bits per heavy atom. The molecule has 2 aliphatic heterocycles. The van der Waals surface area contributed by atoms with E-state index in [0.717, 1.165) is 42.6 Å². The largest absolute Gasteiger partial charge is 0.341 e. The van der Waals surface area contributed by atoms with Crippen LogP contribution in [0.25, 0.3) is 11.1 Å². The number of nitrogens with one attached hydrogen (secondary N) is 2. The van der Waals surface area contributed by atoms with Crippen molar-refractivity contribution in [1.82, 2.24) is 25.0 Å². The Morgan fingerprint density at radius 1 is 1.30 bits per heavy atom. The molecule has 160 valence electrons. The highest BCUT2D eigenvalue weighted by molar-refractivity contribution is 6.33. The minimum absolute atomic E-state index is 0.0992. The van der Waals surface area contributed by atoms with Crippen molar-refractivity contribution < 1.29 is 9.59 Å². The van der Waals surface area contributed by atoms with Gasteiger partial charge in [0.1, 0.15) is 5.82 Å². The molecule has 0 saturated carbocycles. The first kappa shape index (κ1) is 20.7. The van der Waals surface area contributed by atoms with Crippen LogP contribution in [0.4, 0.5) is 10.6 Å². The van der Waals surface area contributed by atoms with Crippen molar-refractivity contribution in [3.63, 3.8) is 0 Å². The number of fused-ring (bicyclic) bond motifs is 1. The van der Waals surface area contributed by atoms with Crippen molar-refractivity contribution in [1.29, 1.82) is 0 Å². The fourth-order valence-corrected chi connectivity index (χ4v) is 4.66. The molecule has 0 bridgehead atoms. The van der Waals surface area contributed by atoms with E-state index in [9.17, 15) is 9.59 Å². The highest BCUT2D eigenvalue weighted by atomic mass is 35.5. The topological polar surface area (TPSA) is 92.2 Å². The zero-order chi connectivity index (χ0) is 21.5. The number of carbonyl (C=O) groups excluding carboxylic acids is 2. The number of halogens is 1. The van der Waals surface area contributed by atoms with Gasteiger partial charge in [0.05, 0.1) is 11.2 Å². The molecule has 0 aliphatic carbocycles. The van der Waals surface area contributed by atoms with Crippen LogP contribution in [-0.4, -0.2) is 51.2 Å². The van der Waals surface area contributed by atoms with Gasteiger partial charge in [-0.15, -0.1) is 0 Å². The fourth-order valence-electron chi connectivity index (χ4n) is 4.45. The molecule has 0 aromatic carbocycles. The van der Waals surface area contributed by atoms with Crippen molar-refractivity contribution in [2.75, 3.05) is 18.9 Å². The predicted molar refractivity (Wildman–Crippen MR) is 115 cm³/mol. The molecule has 2 aromatic heterocycles. The predicted octanol–water partition coefficient (Wildman–Crippen LogP) is 3.31. The van der Waals surface area contributed by atoms with Crippen LogP contribution in [0.2, 0.25) is 5.02 Å². The number of rotatable bonds is 4. The lowest BCUT2D eigenvalue weighted by atomic mass is 9.89. The minimum atomic E-state index is -0.169. The highest BCUT2D eigenvalue weighted by Crippen LogP contribution is 2.39. The Bertz CT molecular complexity index is 986. The van der Waals surface area contributed by atoms with Crippen molar-refractivity contribution in [3.8, 4) is 11.1 Å². The van der Waals surface area contributed by atoms with Crippen molar-refractivity contribution in [2.24, 2.45) is 5.41 Å². The lowest BCUT2D eigenvalue weighted by molar-refractivity contribution is -0.117. The Kier molecular flexibility index (Phi) is 5.44. The summed E-state index contributed by atoms with van der Waals surface area (Å²) in [5.74, 6) is 0.277. The van der Waals surface area contributed by atoms with E-state index in [4.69, 9.17) is 11.6 Å². The van der Waals surface area contributed by atoms with Crippen LogP contribution in [-0.2, 0) is 17.8 Å². The highest BCUT2D eigenvalue weighted by Gasteiger charge is 2.32. The number of nitrogens with zero attached hydrogens (tertiary/aromatic N) is 4. The van der Waals surface area contributed by atoms with E-state index < -0.39 is 0 Å². The van der Waals surface area contributed by atoms with Crippen LogP contribution in [0.15, 0.2) is 18.5 Å². The Morgan fingerprint density at radius 2 is 2.10 bits per heavy atom. The summed E-state index contributed by atoms with van der Waals surface area (Å²) < 4.78 is 2.03. The second kappa shape index (κ2) is 7.91. The molecular weight excluding hydrogens is 404 g/mol. The average Bonchev–Trinajstić information content (AvgIpc) is 3.36. The standard InChI is InChI=1S/C21H27ClN6O2/c1-21(2)9-17-15(10-25-28(17)12-21)14-8-18(24-11-16(14)22)26-19(29)7-13-5-4-6-27(13)20(30)23-3/h8,10-11,13H,4-7,9,12H2,1-3H3,(H,23,30)(H,24,26,29)/t13-/m1/s1. The van der Waals surface area contributed by atoms with Gasteiger partial charge in [0.15, 0.2) is 0 Å². The molecule has 2 N–H and O–H groups in total.